The Balaban J connectivity index is 1.47. The third-order valence-corrected chi connectivity index (χ3v) is 5.47. The molecule has 0 spiro atoms. The summed E-state index contributed by atoms with van der Waals surface area (Å²) in [6.45, 7) is 3.93. The highest BCUT2D eigenvalue weighted by atomic mass is 32.2. The zero-order valence-electron chi connectivity index (χ0n) is 15.5. The first-order valence-electron chi connectivity index (χ1n) is 9.32. The van der Waals surface area contributed by atoms with Gasteiger partial charge in [-0.3, -0.25) is 4.79 Å². The summed E-state index contributed by atoms with van der Waals surface area (Å²) in [6.07, 6.45) is 0. The van der Waals surface area contributed by atoms with E-state index in [4.69, 9.17) is 19.2 Å². The van der Waals surface area contributed by atoms with Crippen LogP contribution in [0.25, 0.3) is 0 Å². The molecule has 146 valence electrons. The Morgan fingerprint density at radius 1 is 0.964 bits per heavy atom. The molecule has 4 rings (SSSR count). The number of hydrogen-bond donors (Lipinski definition) is 0. The van der Waals surface area contributed by atoms with E-state index in [0.29, 0.717) is 49.2 Å². The Morgan fingerprint density at radius 2 is 1.71 bits per heavy atom. The van der Waals surface area contributed by atoms with Crippen LogP contribution in [0.1, 0.15) is 10.4 Å². The Kier molecular flexibility index (Phi) is 6.14. The molecule has 2 heterocycles. The standard InChI is InChI=1S/C21H22N2O4S/c24-18(16-6-7-19-20(14-16)27-13-12-26-19)15-28-21(23-8-10-25-11-9-23)22-17-4-2-1-3-5-17/h1-7,14H,8-13,15H2. The third-order valence-electron chi connectivity index (χ3n) is 4.46. The largest absolute Gasteiger partial charge is 0.486 e. The summed E-state index contributed by atoms with van der Waals surface area (Å²) in [5.74, 6) is 1.67. The Bertz CT molecular complexity index is 851. The van der Waals surface area contributed by atoms with Crippen LogP contribution < -0.4 is 9.47 Å². The van der Waals surface area contributed by atoms with Crippen molar-refractivity contribution in [2.24, 2.45) is 4.99 Å². The number of aliphatic imine (C=N–C) groups is 1. The molecule has 2 aromatic rings. The van der Waals surface area contributed by atoms with Crippen molar-refractivity contribution in [2.75, 3.05) is 45.3 Å². The van der Waals surface area contributed by atoms with Gasteiger partial charge in [-0.25, -0.2) is 4.99 Å². The van der Waals surface area contributed by atoms with Gasteiger partial charge >= 0.3 is 0 Å². The fourth-order valence-corrected chi connectivity index (χ4v) is 3.95. The molecule has 2 aliphatic heterocycles. The van der Waals surface area contributed by atoms with Crippen LogP contribution in [0.5, 0.6) is 11.5 Å². The molecule has 6 nitrogen and oxygen atoms in total. The van der Waals surface area contributed by atoms with Gasteiger partial charge in [-0.2, -0.15) is 0 Å². The number of carbonyl (C=O) groups excluding carboxylic acids is 1. The number of carbonyl (C=O) groups is 1. The van der Waals surface area contributed by atoms with Crippen molar-refractivity contribution in [1.82, 2.24) is 4.90 Å². The molecule has 2 aromatic carbocycles. The van der Waals surface area contributed by atoms with Gasteiger partial charge in [0.1, 0.15) is 13.2 Å². The number of benzene rings is 2. The molecule has 1 saturated heterocycles. The predicted octanol–water partition coefficient (Wildman–Crippen LogP) is 3.39. The first-order valence-corrected chi connectivity index (χ1v) is 10.3. The number of ketones is 1. The molecular weight excluding hydrogens is 376 g/mol. The highest BCUT2D eigenvalue weighted by molar-refractivity contribution is 8.14. The van der Waals surface area contributed by atoms with Gasteiger partial charge < -0.3 is 19.1 Å². The minimum absolute atomic E-state index is 0.0380. The van der Waals surface area contributed by atoms with Crippen LogP contribution in [0.2, 0.25) is 0 Å². The lowest BCUT2D eigenvalue weighted by atomic mass is 10.1. The number of morpholine rings is 1. The molecule has 0 unspecified atom stereocenters. The van der Waals surface area contributed by atoms with Crippen molar-refractivity contribution in [3.05, 3.63) is 54.1 Å². The quantitative estimate of drug-likeness (QED) is 0.447. The monoisotopic (exact) mass is 398 g/mol. The third kappa shape index (κ3) is 4.66. The zero-order valence-corrected chi connectivity index (χ0v) is 16.3. The van der Waals surface area contributed by atoms with E-state index in [1.807, 2.05) is 30.3 Å². The van der Waals surface area contributed by atoms with Crippen LogP contribution in [0.4, 0.5) is 5.69 Å². The van der Waals surface area contributed by atoms with Gasteiger partial charge in [0, 0.05) is 18.7 Å². The van der Waals surface area contributed by atoms with E-state index >= 15 is 0 Å². The average Bonchev–Trinajstić information content (AvgIpc) is 2.77. The van der Waals surface area contributed by atoms with Crippen molar-refractivity contribution in [1.29, 1.82) is 0 Å². The van der Waals surface area contributed by atoms with Gasteiger partial charge in [-0.05, 0) is 30.3 Å². The van der Waals surface area contributed by atoms with E-state index in [1.165, 1.54) is 11.8 Å². The van der Waals surface area contributed by atoms with E-state index in [2.05, 4.69) is 4.90 Å². The van der Waals surface area contributed by atoms with Crippen LogP contribution in [0.3, 0.4) is 0 Å². The predicted molar refractivity (Wildman–Crippen MR) is 110 cm³/mol. The normalized spacial score (nSPS) is 16.7. The van der Waals surface area contributed by atoms with E-state index in [0.717, 1.165) is 23.9 Å². The summed E-state index contributed by atoms with van der Waals surface area (Å²) >= 11 is 1.46. The van der Waals surface area contributed by atoms with Crippen LogP contribution in [-0.4, -0.2) is 61.1 Å². The maximum atomic E-state index is 12.8. The summed E-state index contributed by atoms with van der Waals surface area (Å²) < 4.78 is 16.6. The molecule has 0 aromatic heterocycles. The number of nitrogens with zero attached hydrogens (tertiary/aromatic N) is 2. The van der Waals surface area contributed by atoms with Gasteiger partial charge in [-0.1, -0.05) is 30.0 Å². The highest BCUT2D eigenvalue weighted by Gasteiger charge is 2.19. The molecule has 0 saturated carbocycles. The zero-order chi connectivity index (χ0) is 19.2. The topological polar surface area (TPSA) is 60.4 Å². The van der Waals surface area contributed by atoms with E-state index in [1.54, 1.807) is 18.2 Å². The molecule has 0 bridgehead atoms. The minimum atomic E-state index is 0.0380. The van der Waals surface area contributed by atoms with Crippen LogP contribution in [0, 0.1) is 0 Å². The van der Waals surface area contributed by atoms with Gasteiger partial charge in [0.15, 0.2) is 22.4 Å². The Morgan fingerprint density at radius 3 is 2.50 bits per heavy atom. The van der Waals surface area contributed by atoms with Crippen LogP contribution in [-0.2, 0) is 4.74 Å². The van der Waals surface area contributed by atoms with Crippen molar-refractivity contribution >= 4 is 28.4 Å². The van der Waals surface area contributed by atoms with Crippen molar-refractivity contribution in [2.45, 2.75) is 0 Å². The molecule has 0 N–H and O–H groups in total. The van der Waals surface area contributed by atoms with Crippen molar-refractivity contribution in [3.63, 3.8) is 0 Å². The first kappa shape index (κ1) is 18.8. The second-order valence-corrected chi connectivity index (χ2v) is 7.34. The minimum Gasteiger partial charge on any atom is -0.486 e. The first-order chi connectivity index (χ1) is 13.8. The SMILES string of the molecule is O=C(CSC(=Nc1ccccc1)N1CCOCC1)c1ccc2c(c1)OCCO2. The van der Waals surface area contributed by atoms with Gasteiger partial charge in [0.2, 0.25) is 0 Å². The molecule has 7 heteroatoms. The second kappa shape index (κ2) is 9.12. The lowest BCUT2D eigenvalue weighted by Gasteiger charge is -2.29. The van der Waals surface area contributed by atoms with Gasteiger partial charge in [-0.15, -0.1) is 0 Å². The summed E-state index contributed by atoms with van der Waals surface area (Å²) in [6, 6.07) is 15.2. The maximum absolute atomic E-state index is 12.8. The summed E-state index contributed by atoms with van der Waals surface area (Å²) in [5, 5.41) is 0.848. The van der Waals surface area contributed by atoms with Crippen LogP contribution >= 0.6 is 11.8 Å². The number of hydrogen-bond acceptors (Lipinski definition) is 6. The van der Waals surface area contributed by atoms with Crippen LogP contribution in [0.15, 0.2) is 53.5 Å². The molecule has 0 atom stereocenters. The number of amidine groups is 1. The van der Waals surface area contributed by atoms with Crippen molar-refractivity contribution in [3.8, 4) is 11.5 Å². The van der Waals surface area contributed by atoms with Gasteiger partial charge in [0.25, 0.3) is 0 Å². The fourth-order valence-electron chi connectivity index (χ4n) is 2.99. The Labute approximate surface area is 168 Å². The molecule has 0 aliphatic carbocycles. The lowest BCUT2D eigenvalue weighted by Crippen LogP contribution is -2.39. The number of thioether (sulfide) groups is 1. The second-order valence-electron chi connectivity index (χ2n) is 6.40. The molecule has 0 amide bonds. The average molecular weight is 398 g/mol. The summed E-state index contributed by atoms with van der Waals surface area (Å²) in [5.41, 5.74) is 1.50. The smallest absolute Gasteiger partial charge is 0.173 e. The molecule has 2 aliphatic rings. The Hall–Kier alpha value is -2.51. The fraction of sp³-hybridized carbons (Fsp3) is 0.333. The van der Waals surface area contributed by atoms with E-state index in [-0.39, 0.29) is 5.78 Å². The maximum Gasteiger partial charge on any atom is 0.173 e. The molecule has 28 heavy (non-hydrogen) atoms. The van der Waals surface area contributed by atoms with Crippen molar-refractivity contribution < 1.29 is 19.0 Å². The number of para-hydroxylation sites is 1. The number of rotatable bonds is 4. The number of Topliss-reactive ketones (excluding diaryl/α,β-unsaturated/α-hetero) is 1. The number of fused-ring (bicyclic) bond motifs is 1. The number of ether oxygens (including phenoxy) is 3. The summed E-state index contributed by atoms with van der Waals surface area (Å²) in [7, 11) is 0. The lowest BCUT2D eigenvalue weighted by molar-refractivity contribution is 0.0694. The molecule has 0 radical (unpaired) electrons. The molecule has 1 fully saturated rings. The molecular formula is C21H22N2O4S. The van der Waals surface area contributed by atoms with Gasteiger partial charge in [0.05, 0.1) is 24.7 Å². The summed E-state index contributed by atoms with van der Waals surface area (Å²) in [4.78, 5) is 19.7. The van der Waals surface area contributed by atoms with E-state index in [9.17, 15) is 4.79 Å². The highest BCUT2D eigenvalue weighted by Crippen LogP contribution is 2.31. The van der Waals surface area contributed by atoms with E-state index < -0.39 is 0 Å².